The third-order valence-electron chi connectivity index (χ3n) is 3.86. The van der Waals surface area contributed by atoms with E-state index in [1.807, 2.05) is 0 Å². The lowest BCUT2D eigenvalue weighted by molar-refractivity contribution is -0.0662. The molecule has 0 spiro atoms. The highest BCUT2D eigenvalue weighted by Crippen LogP contribution is 2.38. The Morgan fingerprint density at radius 2 is 2.10 bits per heavy atom. The van der Waals surface area contributed by atoms with E-state index in [0.717, 1.165) is 6.42 Å². The van der Waals surface area contributed by atoms with Gasteiger partial charge in [0.05, 0.1) is 17.2 Å². The highest BCUT2D eigenvalue weighted by Gasteiger charge is 2.46. The monoisotopic (exact) mass is 293 g/mol. The fraction of sp³-hybridized carbons (Fsp3) is 0.750. The van der Waals surface area contributed by atoms with Gasteiger partial charge in [-0.15, -0.1) is 0 Å². The second-order valence-electron chi connectivity index (χ2n) is 7.49. The minimum Gasteiger partial charge on any atom is -0.367 e. The predicted octanol–water partition coefficient (Wildman–Crippen LogP) is 2.66. The van der Waals surface area contributed by atoms with E-state index in [1.165, 1.54) is 0 Å². The molecule has 0 saturated carbocycles. The Balaban J connectivity index is 2.23. The van der Waals surface area contributed by atoms with Crippen LogP contribution in [0.4, 0.5) is 5.82 Å². The van der Waals surface area contributed by atoms with Crippen molar-refractivity contribution in [3.05, 3.63) is 22.7 Å². The van der Waals surface area contributed by atoms with Gasteiger partial charge >= 0.3 is 0 Å². The molecule has 21 heavy (non-hydrogen) atoms. The zero-order valence-corrected chi connectivity index (χ0v) is 13.9. The molecule has 2 heterocycles. The number of rotatable bonds is 4. The molecule has 1 aromatic rings. The van der Waals surface area contributed by atoms with Crippen LogP contribution >= 0.6 is 0 Å². The van der Waals surface area contributed by atoms with Crippen molar-refractivity contribution in [3.63, 3.8) is 0 Å². The van der Waals surface area contributed by atoms with Gasteiger partial charge in [-0.3, -0.25) is 4.79 Å². The van der Waals surface area contributed by atoms with E-state index in [0.29, 0.717) is 18.3 Å². The summed E-state index contributed by atoms with van der Waals surface area (Å²) in [6.45, 7) is 13.1. The number of hydrogen-bond acceptors (Lipinski definition) is 4. The van der Waals surface area contributed by atoms with Gasteiger partial charge in [-0.25, -0.2) is 4.98 Å². The first-order valence-corrected chi connectivity index (χ1v) is 7.63. The lowest BCUT2D eigenvalue weighted by Gasteiger charge is -2.27. The van der Waals surface area contributed by atoms with E-state index >= 15 is 0 Å². The van der Waals surface area contributed by atoms with Crippen LogP contribution in [0.15, 0.2) is 17.2 Å². The third kappa shape index (κ3) is 3.64. The van der Waals surface area contributed by atoms with Gasteiger partial charge in [-0.1, -0.05) is 13.8 Å². The maximum absolute atomic E-state index is 12.5. The van der Waals surface area contributed by atoms with E-state index in [4.69, 9.17) is 4.74 Å². The maximum atomic E-state index is 12.5. The summed E-state index contributed by atoms with van der Waals surface area (Å²) in [4.78, 5) is 16.7. The van der Waals surface area contributed by atoms with Gasteiger partial charge in [0.25, 0.3) is 5.56 Å². The molecule has 1 saturated heterocycles. The number of ether oxygens (including phenoxy) is 1. The summed E-state index contributed by atoms with van der Waals surface area (Å²) in [5.74, 6) is 0.834. The minimum atomic E-state index is -0.323. The number of nitrogens with one attached hydrogen (secondary N) is 1. The van der Waals surface area contributed by atoms with Crippen LogP contribution in [-0.4, -0.2) is 26.8 Å². The second kappa shape index (κ2) is 5.44. The normalized spacial score (nSPS) is 23.5. The lowest BCUT2D eigenvalue weighted by atomic mass is 9.94. The first kappa shape index (κ1) is 16.0. The highest BCUT2D eigenvalue weighted by molar-refractivity contribution is 5.34. The third-order valence-corrected chi connectivity index (χ3v) is 3.86. The molecular formula is C16H27N3O2. The molecule has 1 N–H and O–H groups in total. The molecule has 1 aromatic heterocycles. The Morgan fingerprint density at radius 3 is 2.62 bits per heavy atom. The summed E-state index contributed by atoms with van der Waals surface area (Å²) in [7, 11) is 0. The Labute approximate surface area is 126 Å². The van der Waals surface area contributed by atoms with Crippen molar-refractivity contribution < 1.29 is 4.74 Å². The Hall–Kier alpha value is -1.36. The van der Waals surface area contributed by atoms with Gasteiger partial charge in [-0.05, 0) is 40.0 Å². The smallest absolute Gasteiger partial charge is 0.293 e. The van der Waals surface area contributed by atoms with Crippen molar-refractivity contribution in [2.75, 3.05) is 5.32 Å². The molecule has 2 rings (SSSR count). The first-order chi connectivity index (χ1) is 9.61. The maximum Gasteiger partial charge on any atom is 0.293 e. The largest absolute Gasteiger partial charge is 0.367 e. The Morgan fingerprint density at radius 1 is 1.43 bits per heavy atom. The van der Waals surface area contributed by atoms with Crippen LogP contribution in [0.3, 0.4) is 0 Å². The molecule has 0 aliphatic carbocycles. The van der Waals surface area contributed by atoms with Gasteiger partial charge < -0.3 is 14.6 Å². The minimum absolute atomic E-state index is 0.0632. The number of nitrogens with zero attached hydrogens (tertiary/aromatic N) is 2. The average molecular weight is 293 g/mol. The molecule has 0 radical (unpaired) electrons. The van der Waals surface area contributed by atoms with Crippen molar-refractivity contribution in [2.45, 2.75) is 71.8 Å². The zero-order valence-electron chi connectivity index (χ0n) is 13.9. The average Bonchev–Trinajstić information content (AvgIpc) is 2.51. The van der Waals surface area contributed by atoms with Crippen LogP contribution < -0.4 is 10.9 Å². The molecule has 0 aromatic carbocycles. The van der Waals surface area contributed by atoms with E-state index < -0.39 is 0 Å². The fourth-order valence-corrected chi connectivity index (χ4v) is 3.04. The van der Waals surface area contributed by atoms with E-state index in [9.17, 15) is 4.79 Å². The summed E-state index contributed by atoms with van der Waals surface area (Å²) in [5.41, 5.74) is -0.574. The predicted molar refractivity (Wildman–Crippen MR) is 84.6 cm³/mol. The van der Waals surface area contributed by atoms with Crippen LogP contribution in [0.2, 0.25) is 0 Å². The molecular weight excluding hydrogens is 266 g/mol. The van der Waals surface area contributed by atoms with Crippen molar-refractivity contribution in [1.82, 2.24) is 9.55 Å². The van der Waals surface area contributed by atoms with Crippen LogP contribution in [0.25, 0.3) is 0 Å². The van der Waals surface area contributed by atoms with Gasteiger partial charge in [0.1, 0.15) is 0 Å². The quantitative estimate of drug-likeness (QED) is 0.927. The summed E-state index contributed by atoms with van der Waals surface area (Å²) < 4.78 is 7.77. The molecule has 0 bridgehead atoms. The molecule has 1 unspecified atom stereocenters. The van der Waals surface area contributed by atoms with Crippen LogP contribution in [0.1, 0.15) is 48.0 Å². The fourth-order valence-electron chi connectivity index (χ4n) is 3.04. The van der Waals surface area contributed by atoms with Crippen molar-refractivity contribution >= 4 is 5.82 Å². The second-order valence-corrected chi connectivity index (χ2v) is 7.49. The highest BCUT2D eigenvalue weighted by atomic mass is 16.5. The summed E-state index contributed by atoms with van der Waals surface area (Å²) >= 11 is 0. The van der Waals surface area contributed by atoms with Gasteiger partial charge in [0.2, 0.25) is 0 Å². The van der Waals surface area contributed by atoms with E-state index in [-0.39, 0.29) is 22.8 Å². The number of aromatic nitrogens is 2. The van der Waals surface area contributed by atoms with E-state index in [2.05, 4.69) is 51.8 Å². The van der Waals surface area contributed by atoms with Gasteiger partial charge in [-0.2, -0.15) is 0 Å². The standard InChI is InChI=1S/C16H27N3O2/c1-11(2)10-19-8-7-17-13(14(19)20)18-12-9-15(3,4)21-16(12,5)6/h7-8,11-12H,9-10H2,1-6H3,(H,17,18). The van der Waals surface area contributed by atoms with Crippen LogP contribution in [0.5, 0.6) is 0 Å². The van der Waals surface area contributed by atoms with Crippen molar-refractivity contribution in [3.8, 4) is 0 Å². The number of anilines is 1. The molecule has 1 fully saturated rings. The summed E-state index contributed by atoms with van der Waals surface area (Å²) in [6.07, 6.45) is 4.27. The van der Waals surface area contributed by atoms with E-state index in [1.54, 1.807) is 17.0 Å². The molecule has 5 heteroatoms. The van der Waals surface area contributed by atoms with Gasteiger partial charge in [0, 0.05) is 18.9 Å². The Kier molecular flexibility index (Phi) is 4.15. The van der Waals surface area contributed by atoms with Crippen molar-refractivity contribution in [2.24, 2.45) is 5.92 Å². The zero-order chi connectivity index (χ0) is 15.8. The van der Waals surface area contributed by atoms with Gasteiger partial charge in [0.15, 0.2) is 5.82 Å². The summed E-state index contributed by atoms with van der Waals surface area (Å²) in [6, 6.07) is 0.0719. The first-order valence-electron chi connectivity index (χ1n) is 7.63. The Bertz CT molecular complexity index is 561. The van der Waals surface area contributed by atoms with Crippen molar-refractivity contribution in [1.29, 1.82) is 0 Å². The van der Waals surface area contributed by atoms with Crippen LogP contribution in [0, 0.1) is 5.92 Å². The van der Waals surface area contributed by atoms with Crippen LogP contribution in [-0.2, 0) is 11.3 Å². The molecule has 5 nitrogen and oxygen atoms in total. The lowest BCUT2D eigenvalue weighted by Crippen LogP contribution is -2.40. The molecule has 118 valence electrons. The number of hydrogen-bond donors (Lipinski definition) is 1. The SMILES string of the molecule is CC(C)Cn1ccnc(NC2CC(C)(C)OC2(C)C)c1=O. The summed E-state index contributed by atoms with van der Waals surface area (Å²) in [5, 5.41) is 3.30. The molecule has 1 atom stereocenters. The topological polar surface area (TPSA) is 56.1 Å². The molecule has 0 amide bonds. The molecule has 1 aliphatic rings. The molecule has 1 aliphatic heterocycles.